The molecule has 0 spiro atoms. The van der Waals surface area contributed by atoms with E-state index >= 15 is 0 Å². The third-order valence-corrected chi connectivity index (χ3v) is 4.59. The van der Waals surface area contributed by atoms with Gasteiger partial charge in [0.2, 0.25) is 0 Å². The van der Waals surface area contributed by atoms with Crippen molar-refractivity contribution in [3.05, 3.63) is 35.9 Å². The highest BCUT2D eigenvalue weighted by atomic mass is 32.2. The molecule has 0 aromatic heterocycles. The quantitative estimate of drug-likeness (QED) is 0.877. The van der Waals surface area contributed by atoms with Gasteiger partial charge in [-0.1, -0.05) is 36.8 Å². The Morgan fingerprint density at radius 1 is 1.22 bits per heavy atom. The maximum absolute atomic E-state index is 13.8. The van der Waals surface area contributed by atoms with Crippen LogP contribution in [0.15, 0.2) is 30.3 Å². The first-order valence-electron chi connectivity index (χ1n) is 6.44. The fourth-order valence-corrected chi connectivity index (χ4v) is 3.42. The number of hydrogen-bond acceptors (Lipinski definition) is 2. The highest BCUT2D eigenvalue weighted by Gasteiger charge is 2.30. The van der Waals surface area contributed by atoms with Crippen LogP contribution in [0.5, 0.6) is 0 Å². The van der Waals surface area contributed by atoms with E-state index in [9.17, 15) is 8.78 Å². The molecule has 0 bridgehead atoms. The van der Waals surface area contributed by atoms with Crippen molar-refractivity contribution in [2.75, 3.05) is 18.8 Å². The van der Waals surface area contributed by atoms with Gasteiger partial charge in [-0.2, -0.15) is 20.5 Å². The topological polar surface area (TPSA) is 12.0 Å². The van der Waals surface area contributed by atoms with Gasteiger partial charge < -0.3 is 5.32 Å². The van der Waals surface area contributed by atoms with Crippen LogP contribution in [0.2, 0.25) is 0 Å². The van der Waals surface area contributed by atoms with Crippen molar-refractivity contribution in [1.29, 1.82) is 0 Å². The summed E-state index contributed by atoms with van der Waals surface area (Å²) in [4.78, 5) is 0. The summed E-state index contributed by atoms with van der Waals surface area (Å²) in [6.07, 6.45) is 3.64. The van der Waals surface area contributed by atoms with Crippen LogP contribution in [0.1, 0.15) is 24.8 Å². The first kappa shape index (κ1) is 13.8. The molecule has 1 nitrogen and oxygen atoms in total. The molecule has 1 N–H and O–H groups in total. The summed E-state index contributed by atoms with van der Waals surface area (Å²) in [5, 5.41) is 3.43. The number of halogens is 2. The van der Waals surface area contributed by atoms with Gasteiger partial charge in [-0.15, -0.1) is 0 Å². The van der Waals surface area contributed by atoms with E-state index in [4.69, 9.17) is 0 Å². The van der Waals surface area contributed by atoms with Crippen LogP contribution in [0, 0.1) is 0 Å². The lowest BCUT2D eigenvalue weighted by Crippen LogP contribution is -2.35. The molecule has 1 aromatic carbocycles. The summed E-state index contributed by atoms with van der Waals surface area (Å²) in [6.45, 7) is 0.418. The summed E-state index contributed by atoms with van der Waals surface area (Å²) in [7, 11) is 0. The van der Waals surface area contributed by atoms with Gasteiger partial charge >= 0.3 is 0 Å². The number of benzene rings is 1. The molecule has 1 heterocycles. The summed E-state index contributed by atoms with van der Waals surface area (Å²) in [5.74, 6) is -1.61. The SMILES string of the molecule is FC(F)(CNCC1CCCCS1)c1ccccc1. The van der Waals surface area contributed by atoms with Crippen molar-refractivity contribution < 1.29 is 8.78 Å². The molecule has 100 valence electrons. The monoisotopic (exact) mass is 271 g/mol. The van der Waals surface area contributed by atoms with Crippen LogP contribution in [0.4, 0.5) is 8.78 Å². The van der Waals surface area contributed by atoms with Gasteiger partial charge in [0, 0.05) is 17.4 Å². The van der Waals surface area contributed by atoms with E-state index in [2.05, 4.69) is 5.32 Å². The summed E-state index contributed by atoms with van der Waals surface area (Å²) >= 11 is 1.90. The number of thioether (sulfide) groups is 1. The zero-order chi connectivity index (χ0) is 12.8. The van der Waals surface area contributed by atoms with Gasteiger partial charge in [-0.25, -0.2) is 0 Å². The Bertz CT molecular complexity index is 350. The first-order valence-corrected chi connectivity index (χ1v) is 7.49. The van der Waals surface area contributed by atoms with E-state index in [0.29, 0.717) is 11.8 Å². The minimum atomic E-state index is -2.78. The standard InChI is InChI=1S/C14H19F2NS/c15-14(16,12-6-2-1-3-7-12)11-17-10-13-8-4-5-9-18-13/h1-3,6-7,13,17H,4-5,8-11H2. The molecule has 1 atom stereocenters. The van der Waals surface area contributed by atoms with Gasteiger partial charge in [0.05, 0.1) is 6.54 Å². The molecule has 0 radical (unpaired) electrons. The summed E-state index contributed by atoms with van der Waals surface area (Å²) in [5.41, 5.74) is 0.0915. The summed E-state index contributed by atoms with van der Waals surface area (Å²) < 4.78 is 27.7. The normalized spacial score (nSPS) is 20.9. The zero-order valence-corrected chi connectivity index (χ0v) is 11.2. The lowest BCUT2D eigenvalue weighted by molar-refractivity contribution is -0.00292. The molecule has 1 unspecified atom stereocenters. The molecule has 4 heteroatoms. The molecule has 1 aromatic rings. The van der Waals surface area contributed by atoms with Crippen molar-refractivity contribution >= 4 is 11.8 Å². The average molecular weight is 271 g/mol. The van der Waals surface area contributed by atoms with E-state index < -0.39 is 5.92 Å². The lowest BCUT2D eigenvalue weighted by atomic mass is 10.1. The van der Waals surface area contributed by atoms with Crippen LogP contribution in [0.3, 0.4) is 0 Å². The predicted octanol–water partition coefficient (Wildman–Crippen LogP) is 3.65. The number of hydrogen-bond donors (Lipinski definition) is 1. The highest BCUT2D eigenvalue weighted by molar-refractivity contribution is 7.99. The smallest absolute Gasteiger partial charge is 0.285 e. The van der Waals surface area contributed by atoms with Gasteiger partial charge in [-0.05, 0) is 18.6 Å². The number of rotatable bonds is 5. The molecule has 0 saturated carbocycles. The van der Waals surface area contributed by atoms with Crippen LogP contribution >= 0.6 is 11.8 Å². The van der Waals surface area contributed by atoms with Crippen LogP contribution in [0.25, 0.3) is 0 Å². The summed E-state index contributed by atoms with van der Waals surface area (Å²) in [6, 6.07) is 8.03. The van der Waals surface area contributed by atoms with Gasteiger partial charge in [0.25, 0.3) is 5.92 Å². The van der Waals surface area contributed by atoms with Crippen molar-refractivity contribution in [1.82, 2.24) is 5.32 Å². The Hall–Kier alpha value is -0.610. The highest BCUT2D eigenvalue weighted by Crippen LogP contribution is 2.28. The van der Waals surface area contributed by atoms with Crippen LogP contribution in [-0.2, 0) is 5.92 Å². The fraction of sp³-hybridized carbons (Fsp3) is 0.571. The van der Waals surface area contributed by atoms with Crippen molar-refractivity contribution in [2.24, 2.45) is 0 Å². The second kappa shape index (κ2) is 6.53. The second-order valence-corrected chi connectivity index (χ2v) is 6.10. The van der Waals surface area contributed by atoms with Gasteiger partial charge in [-0.3, -0.25) is 0 Å². The largest absolute Gasteiger partial charge is 0.310 e. The molecule has 0 aliphatic carbocycles. The molecule has 0 amide bonds. The molecule has 1 fully saturated rings. The third-order valence-electron chi connectivity index (χ3n) is 3.19. The van der Waals surface area contributed by atoms with E-state index in [1.807, 2.05) is 11.8 Å². The predicted molar refractivity (Wildman–Crippen MR) is 73.3 cm³/mol. The van der Waals surface area contributed by atoms with E-state index in [1.54, 1.807) is 18.2 Å². The first-order chi connectivity index (χ1) is 8.68. The molecule has 2 rings (SSSR count). The van der Waals surface area contributed by atoms with E-state index in [-0.39, 0.29) is 12.1 Å². The molecule has 1 saturated heterocycles. The van der Waals surface area contributed by atoms with Crippen LogP contribution in [-0.4, -0.2) is 24.1 Å². The number of alkyl halides is 2. The minimum absolute atomic E-state index is 0.0915. The molecule has 1 aliphatic rings. The maximum Gasteiger partial charge on any atom is 0.285 e. The Morgan fingerprint density at radius 2 is 2.00 bits per heavy atom. The lowest BCUT2D eigenvalue weighted by Gasteiger charge is -2.23. The van der Waals surface area contributed by atoms with Crippen molar-refractivity contribution in [2.45, 2.75) is 30.4 Å². The van der Waals surface area contributed by atoms with Crippen LogP contribution < -0.4 is 5.32 Å². The third kappa shape index (κ3) is 3.95. The Morgan fingerprint density at radius 3 is 2.67 bits per heavy atom. The molecular formula is C14H19F2NS. The molecular weight excluding hydrogens is 252 g/mol. The number of nitrogens with one attached hydrogen (secondary N) is 1. The minimum Gasteiger partial charge on any atom is -0.310 e. The van der Waals surface area contributed by atoms with E-state index in [1.165, 1.54) is 30.7 Å². The fourth-order valence-electron chi connectivity index (χ4n) is 2.14. The molecule has 1 aliphatic heterocycles. The Balaban J connectivity index is 1.78. The van der Waals surface area contributed by atoms with Crippen molar-refractivity contribution in [3.63, 3.8) is 0 Å². The Kier molecular flexibility index (Phi) is 5.01. The maximum atomic E-state index is 13.8. The van der Waals surface area contributed by atoms with Gasteiger partial charge in [0.1, 0.15) is 0 Å². The average Bonchev–Trinajstić information content (AvgIpc) is 2.41. The van der Waals surface area contributed by atoms with Crippen molar-refractivity contribution in [3.8, 4) is 0 Å². The Labute approximate surface area is 111 Å². The van der Waals surface area contributed by atoms with Gasteiger partial charge in [0.15, 0.2) is 0 Å². The zero-order valence-electron chi connectivity index (χ0n) is 10.4. The van der Waals surface area contributed by atoms with E-state index in [0.717, 1.165) is 6.42 Å². The molecule has 18 heavy (non-hydrogen) atoms. The second-order valence-electron chi connectivity index (χ2n) is 4.69.